The van der Waals surface area contributed by atoms with Crippen LogP contribution in [0.2, 0.25) is 0 Å². The van der Waals surface area contributed by atoms with Crippen LogP contribution < -0.4 is 5.56 Å². The fourth-order valence-electron chi connectivity index (χ4n) is 1.50. The average Bonchev–Trinajstić information content (AvgIpc) is 2.30. The van der Waals surface area contributed by atoms with Gasteiger partial charge < -0.3 is 0 Å². The molecule has 2 aromatic rings. The van der Waals surface area contributed by atoms with Gasteiger partial charge in [0.1, 0.15) is 11.4 Å². The number of rotatable bonds is 2. The minimum absolute atomic E-state index is 0.0795. The van der Waals surface area contributed by atoms with Gasteiger partial charge in [0.25, 0.3) is 10.8 Å². The zero-order valence-electron chi connectivity index (χ0n) is 8.86. The third kappa shape index (κ3) is 2.46. The predicted octanol–water partition coefficient (Wildman–Crippen LogP) is 2.96. The molecule has 0 saturated heterocycles. The Morgan fingerprint density at radius 2 is 1.83 bits per heavy atom. The standard InChI is InChI=1S/C12H6ClFINO2/c13-11(17)10-9(15)5-6-16(12(10)18)8-3-1-7(14)2-4-8/h1-6H. The van der Waals surface area contributed by atoms with Crippen molar-refractivity contribution in [2.24, 2.45) is 0 Å². The van der Waals surface area contributed by atoms with Crippen molar-refractivity contribution < 1.29 is 9.18 Å². The topological polar surface area (TPSA) is 39.1 Å². The van der Waals surface area contributed by atoms with Crippen LogP contribution in [0.25, 0.3) is 5.69 Å². The Balaban J connectivity index is 2.67. The Bertz CT molecular complexity index is 667. The van der Waals surface area contributed by atoms with Gasteiger partial charge in [-0.05, 0) is 64.5 Å². The summed E-state index contributed by atoms with van der Waals surface area (Å²) in [6.07, 6.45) is 1.51. The van der Waals surface area contributed by atoms with Crippen LogP contribution >= 0.6 is 34.2 Å². The molecule has 0 amide bonds. The first-order valence-electron chi connectivity index (χ1n) is 4.87. The van der Waals surface area contributed by atoms with E-state index in [4.69, 9.17) is 11.6 Å². The SMILES string of the molecule is O=C(Cl)c1c(I)ccn(-c2ccc(F)cc2)c1=O. The molecule has 0 atom stereocenters. The smallest absolute Gasteiger partial charge is 0.268 e. The largest absolute Gasteiger partial charge is 0.284 e. The lowest BCUT2D eigenvalue weighted by Gasteiger charge is -2.07. The minimum Gasteiger partial charge on any atom is -0.284 e. The molecule has 0 aliphatic carbocycles. The number of halogens is 3. The molecule has 1 heterocycles. The molecular weight excluding hydrogens is 371 g/mol. The summed E-state index contributed by atoms with van der Waals surface area (Å²) in [7, 11) is 0. The summed E-state index contributed by atoms with van der Waals surface area (Å²) in [5, 5.41) is -0.805. The van der Waals surface area contributed by atoms with E-state index in [1.54, 1.807) is 6.07 Å². The highest BCUT2D eigenvalue weighted by molar-refractivity contribution is 14.1. The third-order valence-electron chi connectivity index (χ3n) is 2.34. The Morgan fingerprint density at radius 3 is 2.39 bits per heavy atom. The molecule has 18 heavy (non-hydrogen) atoms. The van der Waals surface area contributed by atoms with Gasteiger partial charge in [0.2, 0.25) is 0 Å². The number of benzene rings is 1. The molecule has 0 saturated carbocycles. The van der Waals surface area contributed by atoms with E-state index >= 15 is 0 Å². The highest BCUT2D eigenvalue weighted by atomic mass is 127. The van der Waals surface area contributed by atoms with E-state index in [1.807, 2.05) is 22.6 Å². The van der Waals surface area contributed by atoms with Crippen LogP contribution in [-0.2, 0) is 0 Å². The summed E-state index contributed by atoms with van der Waals surface area (Å²) < 4.78 is 14.5. The number of carbonyl (C=O) groups is 1. The maximum absolute atomic E-state index is 12.8. The second-order valence-electron chi connectivity index (χ2n) is 3.46. The van der Waals surface area contributed by atoms with E-state index in [-0.39, 0.29) is 5.56 Å². The number of pyridine rings is 1. The Labute approximate surface area is 120 Å². The fourth-order valence-corrected chi connectivity index (χ4v) is 2.48. The lowest BCUT2D eigenvalue weighted by Crippen LogP contribution is -2.24. The Hall–Kier alpha value is -1.21. The van der Waals surface area contributed by atoms with Crippen LogP contribution in [0.15, 0.2) is 41.3 Å². The zero-order chi connectivity index (χ0) is 13.3. The summed E-state index contributed by atoms with van der Waals surface area (Å²) in [5.74, 6) is -0.397. The van der Waals surface area contributed by atoms with Crippen molar-refractivity contribution in [3.05, 3.63) is 61.8 Å². The molecule has 0 spiro atoms. The van der Waals surface area contributed by atoms with Gasteiger partial charge in [0.15, 0.2) is 0 Å². The number of aromatic nitrogens is 1. The molecule has 2 rings (SSSR count). The van der Waals surface area contributed by atoms with Crippen molar-refractivity contribution in [2.75, 3.05) is 0 Å². The normalized spacial score (nSPS) is 10.4. The number of carbonyl (C=O) groups excluding carboxylic acids is 1. The van der Waals surface area contributed by atoms with Crippen LogP contribution in [-0.4, -0.2) is 9.81 Å². The molecule has 0 aliphatic rings. The van der Waals surface area contributed by atoms with Gasteiger partial charge in [-0.15, -0.1) is 0 Å². The second kappa shape index (κ2) is 5.19. The number of hydrogen-bond acceptors (Lipinski definition) is 2. The van der Waals surface area contributed by atoms with Crippen molar-refractivity contribution in [1.82, 2.24) is 4.57 Å². The predicted molar refractivity (Wildman–Crippen MR) is 74.9 cm³/mol. The Kier molecular flexibility index (Phi) is 3.82. The minimum atomic E-state index is -0.805. The van der Waals surface area contributed by atoms with Crippen molar-refractivity contribution in [3.63, 3.8) is 0 Å². The molecule has 0 N–H and O–H groups in total. The monoisotopic (exact) mass is 377 g/mol. The highest BCUT2D eigenvalue weighted by Gasteiger charge is 2.15. The molecular formula is C12H6ClFINO2. The van der Waals surface area contributed by atoms with Gasteiger partial charge in [0, 0.05) is 15.5 Å². The van der Waals surface area contributed by atoms with Gasteiger partial charge in [-0.3, -0.25) is 14.2 Å². The summed E-state index contributed by atoms with van der Waals surface area (Å²) in [6, 6.07) is 6.98. The van der Waals surface area contributed by atoms with Crippen molar-refractivity contribution >= 4 is 39.4 Å². The van der Waals surface area contributed by atoms with Gasteiger partial charge in [0.05, 0.1) is 0 Å². The molecule has 3 nitrogen and oxygen atoms in total. The van der Waals surface area contributed by atoms with Gasteiger partial charge in [-0.25, -0.2) is 4.39 Å². The van der Waals surface area contributed by atoms with E-state index in [1.165, 1.54) is 35.0 Å². The third-order valence-corrected chi connectivity index (χ3v) is 3.43. The quantitative estimate of drug-likeness (QED) is 0.596. The molecule has 92 valence electrons. The van der Waals surface area contributed by atoms with E-state index in [0.29, 0.717) is 9.26 Å². The van der Waals surface area contributed by atoms with Crippen LogP contribution in [0.1, 0.15) is 10.4 Å². The highest BCUT2D eigenvalue weighted by Crippen LogP contribution is 2.13. The maximum Gasteiger partial charge on any atom is 0.268 e. The molecule has 0 aliphatic heterocycles. The van der Waals surface area contributed by atoms with E-state index in [2.05, 4.69) is 0 Å². The first kappa shape index (κ1) is 13.2. The van der Waals surface area contributed by atoms with Crippen LogP contribution in [0.5, 0.6) is 0 Å². The summed E-state index contributed by atoms with van der Waals surface area (Å²) >= 11 is 7.25. The van der Waals surface area contributed by atoms with Crippen LogP contribution in [0.4, 0.5) is 4.39 Å². The molecule has 0 radical (unpaired) electrons. The molecule has 1 aromatic heterocycles. The molecule has 0 fully saturated rings. The van der Waals surface area contributed by atoms with Crippen LogP contribution in [0, 0.1) is 9.39 Å². The molecule has 1 aromatic carbocycles. The lowest BCUT2D eigenvalue weighted by molar-refractivity contribution is 0.107. The van der Waals surface area contributed by atoms with E-state index in [0.717, 1.165) is 0 Å². The lowest BCUT2D eigenvalue weighted by atomic mass is 10.2. The van der Waals surface area contributed by atoms with Gasteiger partial charge in [-0.2, -0.15) is 0 Å². The average molecular weight is 378 g/mol. The van der Waals surface area contributed by atoms with Gasteiger partial charge >= 0.3 is 0 Å². The maximum atomic E-state index is 12.8. The number of nitrogens with zero attached hydrogens (tertiary/aromatic N) is 1. The zero-order valence-corrected chi connectivity index (χ0v) is 11.8. The van der Waals surface area contributed by atoms with Gasteiger partial charge in [-0.1, -0.05) is 0 Å². The van der Waals surface area contributed by atoms with Crippen molar-refractivity contribution in [3.8, 4) is 5.69 Å². The summed E-state index contributed by atoms with van der Waals surface area (Å²) in [4.78, 5) is 23.3. The fraction of sp³-hybridized carbons (Fsp3) is 0. The van der Waals surface area contributed by atoms with Crippen molar-refractivity contribution in [2.45, 2.75) is 0 Å². The first-order valence-corrected chi connectivity index (χ1v) is 6.33. The number of hydrogen-bond donors (Lipinski definition) is 0. The summed E-state index contributed by atoms with van der Waals surface area (Å²) in [5.41, 5.74) is -0.130. The van der Waals surface area contributed by atoms with Crippen LogP contribution in [0.3, 0.4) is 0 Å². The second-order valence-corrected chi connectivity index (χ2v) is 4.97. The van der Waals surface area contributed by atoms with E-state index in [9.17, 15) is 14.0 Å². The summed E-state index contributed by atoms with van der Waals surface area (Å²) in [6.45, 7) is 0. The molecule has 0 unspecified atom stereocenters. The van der Waals surface area contributed by atoms with Crippen molar-refractivity contribution in [1.29, 1.82) is 0 Å². The Morgan fingerprint density at radius 1 is 1.22 bits per heavy atom. The molecule has 6 heteroatoms. The first-order chi connectivity index (χ1) is 8.50. The molecule has 0 bridgehead atoms. The van der Waals surface area contributed by atoms with E-state index < -0.39 is 16.6 Å².